The lowest BCUT2D eigenvalue weighted by atomic mass is 10.00. The maximum absolute atomic E-state index is 12.9. The molecule has 1 aliphatic heterocycles. The summed E-state index contributed by atoms with van der Waals surface area (Å²) in [6, 6.07) is 16.2. The molecule has 30 heavy (non-hydrogen) atoms. The number of piperidine rings is 1. The Kier molecular flexibility index (Phi) is 7.24. The predicted octanol–water partition coefficient (Wildman–Crippen LogP) is 2.44. The van der Waals surface area contributed by atoms with Crippen molar-refractivity contribution >= 4 is 11.8 Å². The van der Waals surface area contributed by atoms with Crippen LogP contribution in [0.25, 0.3) is 11.1 Å². The van der Waals surface area contributed by atoms with Crippen molar-refractivity contribution in [3.63, 3.8) is 0 Å². The van der Waals surface area contributed by atoms with Crippen LogP contribution in [0.3, 0.4) is 0 Å². The number of carbonyl (C=O) groups is 2. The normalized spacial score (nSPS) is 15.1. The van der Waals surface area contributed by atoms with Gasteiger partial charge in [0.25, 0.3) is 5.91 Å². The molecule has 0 aliphatic carbocycles. The maximum Gasteiger partial charge on any atom is 0.253 e. The summed E-state index contributed by atoms with van der Waals surface area (Å²) in [6.07, 6.45) is 2.04. The van der Waals surface area contributed by atoms with Gasteiger partial charge in [-0.15, -0.1) is 0 Å². The molecule has 0 aromatic heterocycles. The summed E-state index contributed by atoms with van der Waals surface area (Å²) in [5, 5.41) is 0. The largest absolute Gasteiger partial charge is 0.340 e. The first-order valence-electron chi connectivity index (χ1n) is 10.5. The Balaban J connectivity index is 1.69. The highest BCUT2D eigenvalue weighted by Crippen LogP contribution is 2.23. The number of likely N-dealkylation sites (tertiary alicyclic amines) is 1. The van der Waals surface area contributed by atoms with E-state index in [1.165, 1.54) is 0 Å². The van der Waals surface area contributed by atoms with Gasteiger partial charge in [-0.1, -0.05) is 30.3 Å². The van der Waals surface area contributed by atoms with Crippen LogP contribution in [-0.4, -0.2) is 73.3 Å². The third-order valence-corrected chi connectivity index (χ3v) is 5.97. The third-order valence-electron chi connectivity index (χ3n) is 5.97. The average Bonchev–Trinajstić information content (AvgIpc) is 2.78. The summed E-state index contributed by atoms with van der Waals surface area (Å²) in [7, 11) is 5.79. The smallest absolute Gasteiger partial charge is 0.253 e. The molecular weight excluding hydrogens is 376 g/mol. The molecule has 2 amide bonds. The van der Waals surface area contributed by atoms with Gasteiger partial charge in [0.05, 0.1) is 6.54 Å². The number of nitrogens with zero attached hydrogens (tertiary/aromatic N) is 3. The SMILES string of the molecule is CN1CCC(N(C)C(=O)c2ccc(-c3cccc(CN(C)C(=O)CN)c3)cc2)CC1. The highest BCUT2D eigenvalue weighted by molar-refractivity contribution is 5.94. The van der Waals surface area contributed by atoms with Crippen molar-refractivity contribution in [1.82, 2.24) is 14.7 Å². The molecule has 0 radical (unpaired) electrons. The van der Waals surface area contributed by atoms with Crippen molar-refractivity contribution in [2.45, 2.75) is 25.4 Å². The van der Waals surface area contributed by atoms with E-state index >= 15 is 0 Å². The van der Waals surface area contributed by atoms with Crippen molar-refractivity contribution in [3.05, 3.63) is 59.7 Å². The Hall–Kier alpha value is -2.70. The lowest BCUT2D eigenvalue weighted by molar-refractivity contribution is -0.128. The summed E-state index contributed by atoms with van der Waals surface area (Å²) in [6.45, 7) is 2.59. The molecule has 0 saturated carbocycles. The van der Waals surface area contributed by atoms with E-state index < -0.39 is 0 Å². The zero-order valence-electron chi connectivity index (χ0n) is 18.2. The van der Waals surface area contributed by atoms with Crippen LogP contribution in [0.4, 0.5) is 0 Å². The third kappa shape index (κ3) is 5.26. The van der Waals surface area contributed by atoms with E-state index in [-0.39, 0.29) is 18.4 Å². The molecule has 0 atom stereocenters. The van der Waals surface area contributed by atoms with Crippen LogP contribution < -0.4 is 5.73 Å². The van der Waals surface area contributed by atoms with Gasteiger partial charge in [-0.2, -0.15) is 0 Å². The summed E-state index contributed by atoms with van der Waals surface area (Å²) >= 11 is 0. The Morgan fingerprint density at radius 2 is 1.70 bits per heavy atom. The lowest BCUT2D eigenvalue weighted by Gasteiger charge is -2.35. The van der Waals surface area contributed by atoms with E-state index in [4.69, 9.17) is 5.73 Å². The summed E-state index contributed by atoms with van der Waals surface area (Å²) in [5.74, 6) is -0.0104. The molecule has 3 rings (SSSR count). The fourth-order valence-corrected chi connectivity index (χ4v) is 3.92. The van der Waals surface area contributed by atoms with Gasteiger partial charge >= 0.3 is 0 Å². The number of hydrogen-bond acceptors (Lipinski definition) is 4. The number of carbonyl (C=O) groups excluding carboxylic acids is 2. The minimum absolute atomic E-state index is 0.0116. The van der Waals surface area contributed by atoms with Crippen LogP contribution in [0.1, 0.15) is 28.8 Å². The van der Waals surface area contributed by atoms with Gasteiger partial charge in [0.15, 0.2) is 0 Å². The van der Waals surface area contributed by atoms with Crippen molar-refractivity contribution in [3.8, 4) is 11.1 Å². The van der Waals surface area contributed by atoms with Crippen LogP contribution in [0.2, 0.25) is 0 Å². The van der Waals surface area contributed by atoms with Crippen molar-refractivity contribution in [1.29, 1.82) is 0 Å². The van der Waals surface area contributed by atoms with E-state index in [2.05, 4.69) is 18.0 Å². The number of hydrogen-bond donors (Lipinski definition) is 1. The van der Waals surface area contributed by atoms with Gasteiger partial charge in [0, 0.05) is 32.2 Å². The second kappa shape index (κ2) is 9.87. The first-order valence-corrected chi connectivity index (χ1v) is 10.5. The number of nitrogens with two attached hydrogens (primary N) is 1. The second-order valence-corrected chi connectivity index (χ2v) is 8.18. The molecule has 1 heterocycles. The zero-order valence-corrected chi connectivity index (χ0v) is 18.2. The molecular formula is C24H32N4O2. The fraction of sp³-hybridized carbons (Fsp3) is 0.417. The van der Waals surface area contributed by atoms with Crippen molar-refractivity contribution in [2.24, 2.45) is 5.73 Å². The first kappa shape index (κ1) is 22.0. The molecule has 0 unspecified atom stereocenters. The summed E-state index contributed by atoms with van der Waals surface area (Å²) < 4.78 is 0. The molecule has 1 fully saturated rings. The standard InChI is InChI=1S/C24H32N4O2/c1-26-13-11-22(12-14-26)28(3)24(30)20-9-7-19(8-10-20)21-6-4-5-18(15-21)17-27(2)23(29)16-25/h4-10,15,22H,11-14,16-17,25H2,1-3H3. The van der Waals surface area contributed by atoms with Gasteiger partial charge in [0.1, 0.15) is 0 Å². The Bertz CT molecular complexity index is 873. The fourth-order valence-electron chi connectivity index (χ4n) is 3.92. The van der Waals surface area contributed by atoms with E-state index in [1.54, 1.807) is 11.9 Å². The van der Waals surface area contributed by atoms with E-state index in [9.17, 15) is 9.59 Å². The van der Waals surface area contributed by atoms with Crippen LogP contribution in [0.5, 0.6) is 0 Å². The predicted molar refractivity (Wildman–Crippen MR) is 120 cm³/mol. The molecule has 6 nitrogen and oxygen atoms in total. The van der Waals surface area contributed by atoms with E-state index in [1.807, 2.05) is 54.4 Å². The molecule has 0 spiro atoms. The Morgan fingerprint density at radius 1 is 1.03 bits per heavy atom. The molecule has 2 N–H and O–H groups in total. The van der Waals surface area contributed by atoms with Crippen LogP contribution >= 0.6 is 0 Å². The van der Waals surface area contributed by atoms with Gasteiger partial charge in [-0.25, -0.2) is 0 Å². The van der Waals surface area contributed by atoms with Crippen molar-refractivity contribution in [2.75, 3.05) is 40.8 Å². The van der Waals surface area contributed by atoms with Crippen molar-refractivity contribution < 1.29 is 9.59 Å². The number of likely N-dealkylation sites (N-methyl/N-ethyl adjacent to an activating group) is 1. The molecule has 2 aromatic carbocycles. The summed E-state index contributed by atoms with van der Waals surface area (Å²) in [4.78, 5) is 30.5. The lowest BCUT2D eigenvalue weighted by Crippen LogP contribution is -2.44. The monoisotopic (exact) mass is 408 g/mol. The van der Waals surface area contributed by atoms with Gasteiger partial charge in [-0.05, 0) is 67.9 Å². The Morgan fingerprint density at radius 3 is 2.33 bits per heavy atom. The van der Waals surface area contributed by atoms with Gasteiger partial charge in [0.2, 0.25) is 5.91 Å². The minimum atomic E-state index is -0.0861. The molecule has 2 aromatic rings. The Labute approximate surface area is 179 Å². The summed E-state index contributed by atoms with van der Waals surface area (Å²) in [5.41, 5.74) is 9.29. The second-order valence-electron chi connectivity index (χ2n) is 8.18. The van der Waals surface area contributed by atoms with Gasteiger partial charge in [-0.3, -0.25) is 9.59 Å². The molecule has 1 aliphatic rings. The highest BCUT2D eigenvalue weighted by atomic mass is 16.2. The van der Waals surface area contributed by atoms with Crippen LogP contribution in [0, 0.1) is 0 Å². The van der Waals surface area contributed by atoms with Gasteiger partial charge < -0.3 is 20.4 Å². The molecule has 0 bridgehead atoms. The molecule has 6 heteroatoms. The van der Waals surface area contributed by atoms with Crippen LogP contribution in [-0.2, 0) is 11.3 Å². The van der Waals surface area contributed by atoms with Crippen LogP contribution in [0.15, 0.2) is 48.5 Å². The molecule has 160 valence electrons. The first-order chi connectivity index (χ1) is 14.4. The van der Waals surface area contributed by atoms with E-state index in [0.717, 1.165) is 42.6 Å². The average molecular weight is 409 g/mol. The van der Waals surface area contributed by atoms with E-state index in [0.29, 0.717) is 18.2 Å². The zero-order chi connectivity index (χ0) is 21.7. The number of rotatable bonds is 6. The number of amides is 2. The maximum atomic E-state index is 12.9. The topological polar surface area (TPSA) is 69.9 Å². The molecule has 1 saturated heterocycles. The number of benzene rings is 2. The highest BCUT2D eigenvalue weighted by Gasteiger charge is 2.24. The quantitative estimate of drug-likeness (QED) is 0.797. The minimum Gasteiger partial charge on any atom is -0.340 e.